The molecule has 0 unspecified atom stereocenters. The average Bonchev–Trinajstić information content (AvgIpc) is 2.41. The molecule has 2 amide bonds. The summed E-state index contributed by atoms with van der Waals surface area (Å²) in [7, 11) is 0. The first-order valence-electron chi connectivity index (χ1n) is 5.78. The third kappa shape index (κ3) is 2.95. The van der Waals surface area contributed by atoms with Gasteiger partial charge in [0.2, 0.25) is 0 Å². The largest absolute Gasteiger partial charge is 0.298 e. The van der Waals surface area contributed by atoms with E-state index in [1.54, 1.807) is 30.3 Å². The highest BCUT2D eigenvalue weighted by Crippen LogP contribution is 2.16. The molecule has 1 heterocycles. The van der Waals surface area contributed by atoms with Crippen molar-refractivity contribution in [3.8, 4) is 0 Å². The van der Waals surface area contributed by atoms with Crippen LogP contribution in [0.3, 0.4) is 0 Å². The molecule has 2 rings (SSSR count). The Morgan fingerprint density at radius 3 is 2.55 bits per heavy atom. The molecule has 1 aromatic rings. The van der Waals surface area contributed by atoms with Crippen molar-refractivity contribution in [2.24, 2.45) is 0 Å². The van der Waals surface area contributed by atoms with Crippen LogP contribution in [0.4, 0.5) is 0 Å². The summed E-state index contributed by atoms with van der Waals surface area (Å²) in [5, 5.41) is 3.16. The highest BCUT2D eigenvalue weighted by molar-refractivity contribution is 7.80. The second kappa shape index (κ2) is 5.98. The Morgan fingerprint density at radius 1 is 1.30 bits per heavy atom. The lowest BCUT2D eigenvalue weighted by Gasteiger charge is -2.27. The molecule has 0 atom stereocenters. The van der Waals surface area contributed by atoms with E-state index in [9.17, 15) is 9.59 Å². The number of carbonyl (C=O) groups excluding carboxylic acids is 2. The molecule has 4 nitrogen and oxygen atoms in total. The van der Waals surface area contributed by atoms with E-state index in [0.29, 0.717) is 10.6 Å². The first kappa shape index (κ1) is 14.4. The smallest absolute Gasteiger partial charge is 0.265 e. The lowest BCUT2D eigenvalue weighted by atomic mass is 10.1. The molecule has 1 N–H and O–H groups in total. The minimum absolute atomic E-state index is 0.0303. The van der Waals surface area contributed by atoms with Gasteiger partial charge < -0.3 is 0 Å². The first-order chi connectivity index (χ1) is 9.52. The number of nitrogens with zero attached hydrogens (tertiary/aromatic N) is 1. The molecule has 0 aliphatic carbocycles. The van der Waals surface area contributed by atoms with E-state index in [1.165, 1.54) is 11.0 Å². The third-order valence-corrected chi connectivity index (χ3v) is 3.25. The Kier molecular flexibility index (Phi) is 4.32. The van der Waals surface area contributed by atoms with Crippen molar-refractivity contribution < 1.29 is 9.59 Å². The van der Waals surface area contributed by atoms with E-state index < -0.39 is 11.8 Å². The van der Waals surface area contributed by atoms with Crippen molar-refractivity contribution >= 4 is 46.8 Å². The van der Waals surface area contributed by atoms with Gasteiger partial charge in [-0.2, -0.15) is 0 Å². The van der Waals surface area contributed by atoms with Gasteiger partial charge >= 0.3 is 0 Å². The number of hydrogen-bond acceptors (Lipinski definition) is 3. The van der Waals surface area contributed by atoms with Gasteiger partial charge in [0.15, 0.2) is 5.11 Å². The average molecular weight is 307 g/mol. The normalized spacial score (nSPS) is 17.4. The quantitative estimate of drug-likeness (QED) is 0.403. The number of benzene rings is 1. The van der Waals surface area contributed by atoms with E-state index in [4.69, 9.17) is 23.8 Å². The van der Waals surface area contributed by atoms with Crippen LogP contribution < -0.4 is 5.32 Å². The highest BCUT2D eigenvalue weighted by atomic mass is 35.5. The molecule has 0 radical (unpaired) electrons. The zero-order valence-electron chi connectivity index (χ0n) is 10.4. The van der Waals surface area contributed by atoms with E-state index in [2.05, 4.69) is 11.9 Å². The molecule has 1 aliphatic rings. The molecule has 1 fully saturated rings. The fraction of sp³-hybridized carbons (Fsp3) is 0.0714. The zero-order valence-corrected chi connectivity index (χ0v) is 12.0. The van der Waals surface area contributed by atoms with Gasteiger partial charge in [0.05, 0.1) is 0 Å². The summed E-state index contributed by atoms with van der Waals surface area (Å²) in [5.74, 6) is -0.941. The number of rotatable bonds is 3. The molecular weight excluding hydrogens is 296 g/mol. The first-order valence-corrected chi connectivity index (χ1v) is 6.57. The van der Waals surface area contributed by atoms with Crippen molar-refractivity contribution in [1.29, 1.82) is 0 Å². The van der Waals surface area contributed by atoms with Crippen LogP contribution in [0, 0.1) is 0 Å². The van der Waals surface area contributed by atoms with Crippen LogP contribution in [0.1, 0.15) is 5.56 Å². The summed E-state index contributed by atoms with van der Waals surface area (Å²) >= 11 is 10.8. The minimum atomic E-state index is -0.504. The molecular formula is C14H11ClN2O2S. The highest BCUT2D eigenvalue weighted by Gasteiger charge is 2.32. The van der Waals surface area contributed by atoms with Crippen molar-refractivity contribution in [3.63, 3.8) is 0 Å². The Balaban J connectivity index is 2.36. The molecule has 20 heavy (non-hydrogen) atoms. The Hall–Kier alpha value is -1.98. The SMILES string of the molecule is C=CCN1C(=O)/C(=C/c2ccc(Cl)cc2)C(=O)NC1=S. The molecule has 1 aromatic carbocycles. The summed E-state index contributed by atoms with van der Waals surface area (Å²) in [6.07, 6.45) is 3.05. The molecule has 0 saturated carbocycles. The topological polar surface area (TPSA) is 49.4 Å². The summed E-state index contributed by atoms with van der Waals surface area (Å²) in [6.45, 7) is 3.81. The fourth-order valence-electron chi connectivity index (χ4n) is 1.71. The van der Waals surface area contributed by atoms with Gasteiger partial charge in [-0.05, 0) is 36.0 Å². The van der Waals surface area contributed by atoms with Gasteiger partial charge in [-0.3, -0.25) is 19.8 Å². The monoisotopic (exact) mass is 306 g/mol. The Morgan fingerprint density at radius 2 is 1.95 bits per heavy atom. The van der Waals surface area contributed by atoms with Gasteiger partial charge in [0, 0.05) is 11.6 Å². The maximum atomic E-state index is 12.2. The van der Waals surface area contributed by atoms with Crippen LogP contribution >= 0.6 is 23.8 Å². The second-order valence-electron chi connectivity index (χ2n) is 4.07. The van der Waals surface area contributed by atoms with E-state index in [1.807, 2.05) is 0 Å². The number of hydrogen-bond donors (Lipinski definition) is 1. The molecule has 0 aromatic heterocycles. The lowest BCUT2D eigenvalue weighted by molar-refractivity contribution is -0.128. The van der Waals surface area contributed by atoms with Gasteiger partial charge in [-0.1, -0.05) is 29.8 Å². The van der Waals surface area contributed by atoms with Crippen LogP contribution in [0.5, 0.6) is 0 Å². The number of halogens is 1. The van der Waals surface area contributed by atoms with Crippen molar-refractivity contribution in [2.45, 2.75) is 0 Å². The van der Waals surface area contributed by atoms with E-state index in [-0.39, 0.29) is 17.2 Å². The van der Waals surface area contributed by atoms with E-state index in [0.717, 1.165) is 0 Å². The predicted octanol–water partition coefficient (Wildman–Crippen LogP) is 2.15. The molecule has 102 valence electrons. The molecule has 0 bridgehead atoms. The Bertz CT molecular complexity index is 623. The summed E-state index contributed by atoms with van der Waals surface area (Å²) in [4.78, 5) is 25.4. The minimum Gasteiger partial charge on any atom is -0.298 e. The number of carbonyl (C=O) groups is 2. The predicted molar refractivity (Wildman–Crippen MR) is 82.1 cm³/mol. The summed E-state index contributed by atoms with van der Waals surface area (Å²) in [5.41, 5.74) is 0.738. The van der Waals surface area contributed by atoms with E-state index >= 15 is 0 Å². The molecule has 6 heteroatoms. The van der Waals surface area contributed by atoms with Crippen LogP contribution in [0.2, 0.25) is 5.02 Å². The molecule has 1 aliphatic heterocycles. The molecule has 1 saturated heterocycles. The van der Waals surface area contributed by atoms with Crippen LogP contribution in [-0.4, -0.2) is 28.4 Å². The zero-order chi connectivity index (χ0) is 14.7. The van der Waals surface area contributed by atoms with Crippen molar-refractivity contribution in [3.05, 3.63) is 53.1 Å². The number of nitrogens with one attached hydrogen (secondary N) is 1. The number of thiocarbonyl (C=S) groups is 1. The van der Waals surface area contributed by atoms with Crippen LogP contribution in [0.15, 0.2) is 42.5 Å². The van der Waals surface area contributed by atoms with Crippen LogP contribution in [-0.2, 0) is 9.59 Å². The van der Waals surface area contributed by atoms with Crippen molar-refractivity contribution in [2.75, 3.05) is 6.54 Å². The van der Waals surface area contributed by atoms with Crippen molar-refractivity contribution in [1.82, 2.24) is 10.2 Å². The molecule has 0 spiro atoms. The van der Waals surface area contributed by atoms with Gasteiger partial charge in [0.1, 0.15) is 5.57 Å². The third-order valence-electron chi connectivity index (χ3n) is 2.68. The summed E-state index contributed by atoms with van der Waals surface area (Å²) < 4.78 is 0. The summed E-state index contributed by atoms with van der Waals surface area (Å²) in [6, 6.07) is 6.82. The van der Waals surface area contributed by atoms with Crippen LogP contribution in [0.25, 0.3) is 6.08 Å². The Labute approximate surface area is 126 Å². The van der Waals surface area contributed by atoms with Gasteiger partial charge in [-0.25, -0.2) is 0 Å². The number of amides is 2. The van der Waals surface area contributed by atoms with Gasteiger partial charge in [0.25, 0.3) is 11.8 Å². The maximum Gasteiger partial charge on any atom is 0.265 e. The second-order valence-corrected chi connectivity index (χ2v) is 4.90. The fourth-order valence-corrected chi connectivity index (χ4v) is 2.09. The maximum absolute atomic E-state index is 12.2. The lowest BCUT2D eigenvalue weighted by Crippen LogP contribution is -2.53. The standard InChI is InChI=1S/C14H11ClN2O2S/c1-2-7-17-13(19)11(12(18)16-14(17)20)8-9-3-5-10(15)6-4-9/h2-6,8H,1,7H2,(H,16,18,20)/b11-8+. The van der Waals surface area contributed by atoms with Gasteiger partial charge in [-0.15, -0.1) is 6.58 Å².